The summed E-state index contributed by atoms with van der Waals surface area (Å²) in [7, 11) is 1.86. The highest BCUT2D eigenvalue weighted by Gasteiger charge is 2.11. The normalized spacial score (nSPS) is 10.7. The molecule has 1 amide bonds. The Labute approximate surface area is 127 Å². The number of rotatable bonds is 4. The van der Waals surface area contributed by atoms with Gasteiger partial charge in [0, 0.05) is 31.4 Å². The lowest BCUT2D eigenvalue weighted by Gasteiger charge is -2.18. The monoisotopic (exact) mass is 296 g/mol. The molecule has 2 heterocycles. The fraction of sp³-hybridized carbons (Fsp3) is 0.176. The van der Waals surface area contributed by atoms with E-state index in [-0.39, 0.29) is 5.91 Å². The van der Waals surface area contributed by atoms with Gasteiger partial charge in [-0.3, -0.25) is 9.78 Å². The minimum atomic E-state index is 0.138. The molecular formula is C17H16N2OS. The first-order chi connectivity index (χ1) is 10.2. The van der Waals surface area contributed by atoms with Crippen molar-refractivity contribution in [1.82, 2.24) is 9.88 Å². The lowest BCUT2D eigenvalue weighted by atomic mass is 10.1. The minimum Gasteiger partial charge on any atom is -0.341 e. The summed E-state index contributed by atoms with van der Waals surface area (Å²) in [6.45, 7) is 0.615. The minimum absolute atomic E-state index is 0.138. The molecule has 0 bridgehead atoms. The molecule has 0 fully saturated rings. The maximum Gasteiger partial charge on any atom is 0.227 e. The number of fused-ring (bicyclic) bond motifs is 1. The van der Waals surface area contributed by atoms with Crippen LogP contribution in [0.1, 0.15) is 11.1 Å². The highest BCUT2D eigenvalue weighted by atomic mass is 32.1. The number of thiophene rings is 1. The van der Waals surface area contributed by atoms with Crippen LogP contribution in [0.15, 0.2) is 53.5 Å². The quantitative estimate of drug-likeness (QED) is 0.738. The Bertz CT molecular complexity index is 747. The first-order valence-electron chi connectivity index (χ1n) is 6.81. The highest BCUT2D eigenvalue weighted by molar-refractivity contribution is 7.08. The van der Waals surface area contributed by atoms with Crippen LogP contribution in [-0.4, -0.2) is 22.8 Å². The van der Waals surface area contributed by atoms with E-state index in [9.17, 15) is 4.79 Å². The van der Waals surface area contributed by atoms with Crippen LogP contribution in [-0.2, 0) is 17.8 Å². The Hall–Kier alpha value is -2.20. The van der Waals surface area contributed by atoms with E-state index in [1.54, 1.807) is 22.4 Å². The fourth-order valence-electron chi connectivity index (χ4n) is 2.37. The molecule has 0 saturated carbocycles. The molecule has 3 nitrogen and oxygen atoms in total. The molecule has 1 aromatic carbocycles. The number of likely N-dealkylation sites (N-methyl/N-ethyl adjacent to an activating group) is 1. The van der Waals surface area contributed by atoms with E-state index in [1.807, 2.05) is 48.3 Å². The molecule has 0 aliphatic heterocycles. The van der Waals surface area contributed by atoms with E-state index in [1.165, 1.54) is 0 Å². The first-order valence-corrected chi connectivity index (χ1v) is 7.75. The maximum absolute atomic E-state index is 12.3. The average Bonchev–Trinajstić information content (AvgIpc) is 3.00. The number of carbonyl (C=O) groups is 1. The molecule has 0 aliphatic rings. The Morgan fingerprint density at radius 1 is 1.29 bits per heavy atom. The van der Waals surface area contributed by atoms with Crippen LogP contribution in [0, 0.1) is 0 Å². The molecule has 0 atom stereocenters. The van der Waals surface area contributed by atoms with E-state index < -0.39 is 0 Å². The number of pyridine rings is 1. The van der Waals surface area contributed by atoms with E-state index in [0.29, 0.717) is 13.0 Å². The van der Waals surface area contributed by atoms with Gasteiger partial charge in [-0.05, 0) is 39.4 Å². The SMILES string of the molecule is CN(Cc1cccc2cnccc12)C(=O)Cc1ccsc1. The molecule has 2 aromatic heterocycles. The molecule has 0 N–H and O–H groups in total. The van der Waals surface area contributed by atoms with Crippen LogP contribution in [0.25, 0.3) is 10.8 Å². The molecule has 106 valence electrons. The Morgan fingerprint density at radius 3 is 3.00 bits per heavy atom. The highest BCUT2D eigenvalue weighted by Crippen LogP contribution is 2.19. The van der Waals surface area contributed by atoms with Gasteiger partial charge in [0.05, 0.1) is 6.42 Å². The van der Waals surface area contributed by atoms with Gasteiger partial charge in [-0.25, -0.2) is 0 Å². The number of hydrogen-bond acceptors (Lipinski definition) is 3. The van der Waals surface area contributed by atoms with Crippen molar-refractivity contribution < 1.29 is 4.79 Å². The largest absolute Gasteiger partial charge is 0.341 e. The Balaban J connectivity index is 1.77. The third-order valence-corrected chi connectivity index (χ3v) is 4.27. The molecule has 4 heteroatoms. The van der Waals surface area contributed by atoms with Crippen molar-refractivity contribution in [2.75, 3.05) is 7.05 Å². The molecule has 21 heavy (non-hydrogen) atoms. The lowest BCUT2D eigenvalue weighted by Crippen LogP contribution is -2.27. The van der Waals surface area contributed by atoms with Gasteiger partial charge in [-0.1, -0.05) is 18.2 Å². The summed E-state index contributed by atoms with van der Waals surface area (Å²) in [6.07, 6.45) is 4.11. The van der Waals surface area contributed by atoms with Crippen molar-refractivity contribution in [2.24, 2.45) is 0 Å². The van der Waals surface area contributed by atoms with Crippen LogP contribution in [0.5, 0.6) is 0 Å². The number of nitrogens with zero attached hydrogens (tertiary/aromatic N) is 2. The van der Waals surface area contributed by atoms with Crippen molar-refractivity contribution in [3.63, 3.8) is 0 Å². The molecule has 3 rings (SSSR count). The van der Waals surface area contributed by atoms with Gasteiger partial charge in [0.1, 0.15) is 0 Å². The number of carbonyl (C=O) groups excluding carboxylic acids is 1. The number of benzene rings is 1. The van der Waals surface area contributed by atoms with Crippen LogP contribution >= 0.6 is 11.3 Å². The number of amides is 1. The zero-order valence-electron chi connectivity index (χ0n) is 11.8. The molecule has 0 unspecified atom stereocenters. The Morgan fingerprint density at radius 2 is 2.19 bits per heavy atom. The van der Waals surface area contributed by atoms with Crippen molar-refractivity contribution >= 4 is 28.0 Å². The third-order valence-electron chi connectivity index (χ3n) is 3.54. The first kappa shape index (κ1) is 13.8. The second-order valence-corrected chi connectivity index (χ2v) is 5.85. The Kier molecular flexibility index (Phi) is 3.97. The predicted molar refractivity (Wildman–Crippen MR) is 86.2 cm³/mol. The second-order valence-electron chi connectivity index (χ2n) is 5.07. The van der Waals surface area contributed by atoms with Gasteiger partial charge >= 0.3 is 0 Å². The smallest absolute Gasteiger partial charge is 0.227 e. The number of hydrogen-bond donors (Lipinski definition) is 0. The lowest BCUT2D eigenvalue weighted by molar-refractivity contribution is -0.129. The molecular weight excluding hydrogens is 280 g/mol. The van der Waals surface area contributed by atoms with Gasteiger partial charge in [0.25, 0.3) is 0 Å². The van der Waals surface area contributed by atoms with Crippen molar-refractivity contribution in [3.8, 4) is 0 Å². The third kappa shape index (κ3) is 3.11. The molecule has 0 saturated heterocycles. The van der Waals surface area contributed by atoms with Crippen LogP contribution in [0.2, 0.25) is 0 Å². The second kappa shape index (κ2) is 6.06. The molecule has 0 aliphatic carbocycles. The zero-order chi connectivity index (χ0) is 14.7. The summed E-state index contributed by atoms with van der Waals surface area (Å²) in [4.78, 5) is 18.2. The van der Waals surface area contributed by atoms with E-state index in [4.69, 9.17) is 0 Å². The van der Waals surface area contributed by atoms with Gasteiger partial charge in [0.2, 0.25) is 5.91 Å². The van der Waals surface area contributed by atoms with Crippen molar-refractivity contribution in [1.29, 1.82) is 0 Å². The summed E-state index contributed by atoms with van der Waals surface area (Å²) < 4.78 is 0. The maximum atomic E-state index is 12.3. The summed E-state index contributed by atoms with van der Waals surface area (Å²) >= 11 is 1.62. The zero-order valence-corrected chi connectivity index (χ0v) is 12.6. The van der Waals surface area contributed by atoms with Crippen LogP contribution < -0.4 is 0 Å². The standard InChI is InChI=1S/C17H16N2OS/c1-19(17(20)9-13-6-8-21-12-13)11-15-4-2-3-14-10-18-7-5-16(14)15/h2-8,10,12H,9,11H2,1H3. The summed E-state index contributed by atoms with van der Waals surface area (Å²) in [6, 6.07) is 10.1. The van der Waals surface area contributed by atoms with E-state index >= 15 is 0 Å². The van der Waals surface area contributed by atoms with Gasteiger partial charge in [-0.2, -0.15) is 11.3 Å². The molecule has 3 aromatic rings. The molecule has 0 radical (unpaired) electrons. The van der Waals surface area contributed by atoms with Crippen LogP contribution in [0.4, 0.5) is 0 Å². The topological polar surface area (TPSA) is 33.2 Å². The number of aromatic nitrogens is 1. The van der Waals surface area contributed by atoms with E-state index in [0.717, 1.165) is 21.9 Å². The fourth-order valence-corrected chi connectivity index (χ4v) is 3.04. The van der Waals surface area contributed by atoms with Crippen molar-refractivity contribution in [2.45, 2.75) is 13.0 Å². The predicted octanol–water partition coefficient (Wildman–Crippen LogP) is 3.50. The van der Waals surface area contributed by atoms with Gasteiger partial charge < -0.3 is 4.90 Å². The summed E-state index contributed by atoms with van der Waals surface area (Å²) in [5.74, 6) is 0.138. The van der Waals surface area contributed by atoms with E-state index in [2.05, 4.69) is 11.1 Å². The average molecular weight is 296 g/mol. The van der Waals surface area contributed by atoms with Gasteiger partial charge in [-0.15, -0.1) is 0 Å². The molecule has 0 spiro atoms. The van der Waals surface area contributed by atoms with Crippen molar-refractivity contribution in [3.05, 3.63) is 64.6 Å². The summed E-state index contributed by atoms with van der Waals surface area (Å²) in [5.41, 5.74) is 2.23. The van der Waals surface area contributed by atoms with Crippen LogP contribution in [0.3, 0.4) is 0 Å². The summed E-state index contributed by atoms with van der Waals surface area (Å²) in [5, 5.41) is 6.28. The van der Waals surface area contributed by atoms with Gasteiger partial charge in [0.15, 0.2) is 0 Å².